The first-order chi connectivity index (χ1) is 16.6. The van der Waals surface area contributed by atoms with Gasteiger partial charge in [-0.25, -0.2) is 4.79 Å². The molecular weight excluding hydrogens is 466 g/mol. The van der Waals surface area contributed by atoms with E-state index in [0.29, 0.717) is 65.7 Å². The number of benzene rings is 1. The van der Waals surface area contributed by atoms with Gasteiger partial charge in [-0.2, -0.15) is 11.8 Å². The molecule has 1 N–H and O–H groups in total. The first-order valence-corrected chi connectivity index (χ1v) is 13.2. The topological polar surface area (TPSA) is 90.9 Å². The van der Waals surface area contributed by atoms with E-state index in [1.165, 1.54) is 6.92 Å². The Morgan fingerprint density at radius 1 is 1.17 bits per heavy atom. The summed E-state index contributed by atoms with van der Waals surface area (Å²) in [6.07, 6.45) is 1.09. The van der Waals surface area contributed by atoms with Crippen molar-refractivity contribution in [2.75, 3.05) is 24.7 Å². The van der Waals surface area contributed by atoms with Gasteiger partial charge in [-0.15, -0.1) is 0 Å². The fourth-order valence-corrected chi connectivity index (χ4v) is 5.16. The monoisotopic (exact) mass is 501 g/mol. The van der Waals surface area contributed by atoms with E-state index in [0.717, 1.165) is 11.4 Å². The van der Waals surface area contributed by atoms with Crippen LogP contribution < -0.4 is 14.8 Å². The van der Waals surface area contributed by atoms with Crippen LogP contribution in [0.15, 0.2) is 40.7 Å². The normalized spacial score (nSPS) is 19.1. The van der Waals surface area contributed by atoms with Crippen LogP contribution in [0.1, 0.15) is 65.9 Å². The summed E-state index contributed by atoms with van der Waals surface area (Å²) in [5, 5.41) is 3.35. The number of ether oxygens (including phenoxy) is 3. The number of carbonyl (C=O) groups is 3. The van der Waals surface area contributed by atoms with Gasteiger partial charge in [0.25, 0.3) is 0 Å². The van der Waals surface area contributed by atoms with Gasteiger partial charge < -0.3 is 19.5 Å². The Balaban J connectivity index is 2.10. The highest BCUT2D eigenvalue weighted by atomic mass is 32.2. The number of allylic oxidation sites excluding steroid dienone is 3. The number of nitrogens with one attached hydrogen (secondary N) is 1. The number of thioether (sulfide) groups is 1. The number of dihydropyridines is 1. The summed E-state index contributed by atoms with van der Waals surface area (Å²) in [4.78, 5) is 38.3. The lowest BCUT2D eigenvalue weighted by Gasteiger charge is -2.39. The SMILES string of the molecule is CCOc1cc([C@@H]2C(C(=O)OCCSCC)=C(C)NC3=C2C(=O)CC(C)(C)C3)ccc1OC(C)=O. The van der Waals surface area contributed by atoms with E-state index < -0.39 is 17.9 Å². The van der Waals surface area contributed by atoms with Crippen molar-refractivity contribution in [1.29, 1.82) is 0 Å². The number of hydrogen-bond acceptors (Lipinski definition) is 8. The second kappa shape index (κ2) is 11.3. The van der Waals surface area contributed by atoms with Gasteiger partial charge in [0.15, 0.2) is 17.3 Å². The lowest BCUT2D eigenvalue weighted by atomic mass is 9.68. The molecule has 1 aliphatic heterocycles. The minimum absolute atomic E-state index is 0.00936. The summed E-state index contributed by atoms with van der Waals surface area (Å²) in [5.41, 5.74) is 3.05. The van der Waals surface area contributed by atoms with Gasteiger partial charge in [0.2, 0.25) is 0 Å². The largest absolute Gasteiger partial charge is 0.490 e. The Labute approximate surface area is 211 Å². The highest BCUT2D eigenvalue weighted by Gasteiger charge is 2.43. The van der Waals surface area contributed by atoms with Gasteiger partial charge >= 0.3 is 11.9 Å². The average Bonchev–Trinajstić information content (AvgIpc) is 2.75. The first kappa shape index (κ1) is 26.9. The van der Waals surface area contributed by atoms with Gasteiger partial charge in [-0.3, -0.25) is 9.59 Å². The van der Waals surface area contributed by atoms with Crippen LogP contribution in [0, 0.1) is 5.41 Å². The predicted octanol–water partition coefficient (Wildman–Crippen LogP) is 4.91. The number of Topliss-reactive ketones (excluding diaryl/α,β-unsaturated/α-hetero) is 1. The fourth-order valence-electron chi connectivity index (χ4n) is 4.67. The molecule has 1 atom stereocenters. The van der Waals surface area contributed by atoms with E-state index >= 15 is 0 Å². The third-order valence-electron chi connectivity index (χ3n) is 5.98. The Morgan fingerprint density at radius 2 is 1.91 bits per heavy atom. The van der Waals surface area contributed by atoms with E-state index in [-0.39, 0.29) is 11.2 Å². The Hall–Kier alpha value is -2.74. The maximum absolute atomic E-state index is 13.4. The summed E-state index contributed by atoms with van der Waals surface area (Å²) >= 11 is 1.70. The second-order valence-corrected chi connectivity index (χ2v) is 10.9. The van der Waals surface area contributed by atoms with Crippen molar-refractivity contribution in [2.45, 2.75) is 60.3 Å². The van der Waals surface area contributed by atoms with E-state index in [1.54, 1.807) is 30.0 Å². The van der Waals surface area contributed by atoms with Gasteiger partial charge in [-0.05, 0) is 49.1 Å². The molecule has 1 heterocycles. The van der Waals surface area contributed by atoms with Crippen molar-refractivity contribution in [3.8, 4) is 11.5 Å². The lowest BCUT2D eigenvalue weighted by Crippen LogP contribution is -2.38. The zero-order valence-corrected chi connectivity index (χ0v) is 22.2. The molecule has 0 amide bonds. The minimum atomic E-state index is -0.605. The van der Waals surface area contributed by atoms with E-state index in [4.69, 9.17) is 14.2 Å². The fraction of sp³-hybridized carbons (Fsp3) is 0.519. The molecule has 0 radical (unpaired) electrons. The van der Waals surface area contributed by atoms with Crippen molar-refractivity contribution in [3.05, 3.63) is 46.3 Å². The second-order valence-electron chi connectivity index (χ2n) is 9.50. The van der Waals surface area contributed by atoms with Crippen LogP contribution in [-0.4, -0.2) is 42.4 Å². The molecule has 7 nitrogen and oxygen atoms in total. The molecule has 1 aliphatic carbocycles. The molecule has 0 aromatic heterocycles. The van der Waals surface area contributed by atoms with E-state index in [1.807, 2.05) is 13.8 Å². The maximum atomic E-state index is 13.4. The molecule has 1 aromatic rings. The Bertz CT molecular complexity index is 1070. The summed E-state index contributed by atoms with van der Waals surface area (Å²) in [6, 6.07) is 5.18. The smallest absolute Gasteiger partial charge is 0.336 e. The van der Waals surface area contributed by atoms with Crippen LogP contribution in [-0.2, 0) is 19.1 Å². The average molecular weight is 502 g/mol. The van der Waals surface area contributed by atoms with Gasteiger partial charge in [0, 0.05) is 42.0 Å². The molecule has 0 spiro atoms. The molecule has 2 aliphatic rings. The van der Waals surface area contributed by atoms with Crippen molar-refractivity contribution in [2.24, 2.45) is 5.41 Å². The van der Waals surface area contributed by atoms with Crippen molar-refractivity contribution < 1.29 is 28.6 Å². The maximum Gasteiger partial charge on any atom is 0.336 e. The number of ketones is 1. The van der Waals surface area contributed by atoms with Crippen LogP contribution in [0.25, 0.3) is 0 Å². The molecule has 190 valence electrons. The van der Waals surface area contributed by atoms with Crippen molar-refractivity contribution in [3.63, 3.8) is 0 Å². The first-order valence-electron chi connectivity index (χ1n) is 12.0. The molecule has 0 fully saturated rings. The zero-order chi connectivity index (χ0) is 25.8. The molecule has 0 saturated carbocycles. The summed E-state index contributed by atoms with van der Waals surface area (Å²) in [6.45, 7) is 11.9. The Morgan fingerprint density at radius 3 is 2.57 bits per heavy atom. The molecule has 1 aromatic carbocycles. The lowest BCUT2D eigenvalue weighted by molar-refractivity contribution is -0.138. The highest BCUT2D eigenvalue weighted by molar-refractivity contribution is 7.99. The standard InChI is InChI=1S/C27H35NO6S/c1-7-32-22-13-18(9-10-21(22)34-17(4)29)24-23(26(31)33-11-12-35-8-2)16(3)28-19-14-27(5,6)15-20(30)25(19)24/h9-10,13,24,28H,7-8,11-12,14-15H2,1-6H3/t24-/m1/s1. The number of esters is 2. The Kier molecular flexibility index (Phi) is 8.70. The molecule has 0 unspecified atom stereocenters. The molecule has 35 heavy (non-hydrogen) atoms. The minimum Gasteiger partial charge on any atom is -0.490 e. The predicted molar refractivity (Wildman–Crippen MR) is 137 cm³/mol. The number of hydrogen-bond donors (Lipinski definition) is 1. The molecule has 8 heteroatoms. The summed E-state index contributed by atoms with van der Waals surface area (Å²) < 4.78 is 16.7. The molecular formula is C27H35NO6S. The van der Waals surface area contributed by atoms with Crippen molar-refractivity contribution >= 4 is 29.5 Å². The van der Waals surface area contributed by atoms with Gasteiger partial charge in [0.1, 0.15) is 6.61 Å². The third-order valence-corrected chi connectivity index (χ3v) is 6.84. The molecule has 0 saturated heterocycles. The number of carbonyl (C=O) groups excluding carboxylic acids is 3. The van der Waals surface area contributed by atoms with Gasteiger partial charge in [0.05, 0.1) is 12.2 Å². The summed E-state index contributed by atoms with van der Waals surface area (Å²) in [7, 11) is 0. The molecule has 0 bridgehead atoms. The van der Waals surface area contributed by atoms with Crippen LogP contribution in [0.2, 0.25) is 0 Å². The highest BCUT2D eigenvalue weighted by Crippen LogP contribution is 2.48. The van der Waals surface area contributed by atoms with Crippen LogP contribution >= 0.6 is 11.8 Å². The summed E-state index contributed by atoms with van der Waals surface area (Å²) in [5.74, 6) is 0.834. The molecule has 3 rings (SSSR count). The van der Waals surface area contributed by atoms with Crippen molar-refractivity contribution in [1.82, 2.24) is 5.32 Å². The van der Waals surface area contributed by atoms with Gasteiger partial charge in [-0.1, -0.05) is 26.8 Å². The third kappa shape index (κ3) is 6.28. The van der Waals surface area contributed by atoms with E-state index in [2.05, 4.69) is 26.1 Å². The van der Waals surface area contributed by atoms with Crippen LogP contribution in [0.3, 0.4) is 0 Å². The number of rotatable bonds is 9. The zero-order valence-electron chi connectivity index (χ0n) is 21.4. The quantitative estimate of drug-likeness (QED) is 0.290. The van der Waals surface area contributed by atoms with Crippen LogP contribution in [0.4, 0.5) is 0 Å². The van der Waals surface area contributed by atoms with Crippen LogP contribution in [0.5, 0.6) is 11.5 Å². The van der Waals surface area contributed by atoms with E-state index in [9.17, 15) is 14.4 Å².